The maximum Gasteiger partial charge on any atom is 0.259 e. The summed E-state index contributed by atoms with van der Waals surface area (Å²) in [6.07, 6.45) is 1.91. The molecule has 2 aromatic rings. The van der Waals surface area contributed by atoms with Crippen LogP contribution >= 0.6 is 23.8 Å². The molecule has 0 atom stereocenters. The zero-order chi connectivity index (χ0) is 23.6. The van der Waals surface area contributed by atoms with Crippen LogP contribution in [0.5, 0.6) is 0 Å². The molecule has 0 radical (unpaired) electrons. The minimum atomic E-state index is -1.06. The van der Waals surface area contributed by atoms with Gasteiger partial charge in [-0.2, -0.15) is 5.26 Å². The highest BCUT2D eigenvalue weighted by molar-refractivity contribution is 7.81. The molecule has 1 saturated heterocycles. The van der Waals surface area contributed by atoms with Crippen LogP contribution in [0.15, 0.2) is 36.4 Å². The zero-order valence-electron chi connectivity index (χ0n) is 17.9. The van der Waals surface area contributed by atoms with Gasteiger partial charge in [0.15, 0.2) is 10.9 Å². The number of benzene rings is 2. The van der Waals surface area contributed by atoms with Crippen molar-refractivity contribution in [1.29, 1.82) is 5.26 Å². The molecule has 2 amide bonds. The van der Waals surface area contributed by atoms with E-state index >= 15 is 0 Å². The SMILES string of the molecule is CNC(=O)CCCc1ccc(N2C(=S)N(c3ccc(C#N)c(Cl)c3F)C(=O)C2(C)C)cc1. The van der Waals surface area contributed by atoms with Gasteiger partial charge in [-0.1, -0.05) is 23.7 Å². The van der Waals surface area contributed by atoms with Gasteiger partial charge in [0, 0.05) is 19.2 Å². The van der Waals surface area contributed by atoms with Crippen molar-refractivity contribution in [3.63, 3.8) is 0 Å². The number of thiocarbonyl (C=S) groups is 1. The van der Waals surface area contributed by atoms with Gasteiger partial charge in [-0.25, -0.2) is 4.39 Å². The Hall–Kier alpha value is -3.02. The molecule has 1 fully saturated rings. The molecular weight excluding hydrogens is 451 g/mol. The van der Waals surface area contributed by atoms with Gasteiger partial charge in [0.1, 0.15) is 11.6 Å². The van der Waals surface area contributed by atoms with Crippen molar-refractivity contribution in [2.24, 2.45) is 0 Å². The molecule has 0 aromatic heterocycles. The topological polar surface area (TPSA) is 76.4 Å². The Labute approximate surface area is 196 Å². The number of carbonyl (C=O) groups is 2. The Morgan fingerprint density at radius 2 is 1.91 bits per heavy atom. The van der Waals surface area contributed by atoms with E-state index in [1.54, 1.807) is 25.8 Å². The van der Waals surface area contributed by atoms with Gasteiger partial charge in [-0.15, -0.1) is 0 Å². The number of nitriles is 1. The van der Waals surface area contributed by atoms with E-state index in [4.69, 9.17) is 29.1 Å². The van der Waals surface area contributed by atoms with Crippen molar-refractivity contribution >= 4 is 52.1 Å². The molecule has 1 aliphatic rings. The first-order valence-electron chi connectivity index (χ1n) is 9.99. The fourth-order valence-electron chi connectivity index (χ4n) is 3.63. The highest BCUT2D eigenvalue weighted by atomic mass is 35.5. The number of halogens is 2. The Morgan fingerprint density at radius 3 is 2.50 bits per heavy atom. The van der Waals surface area contributed by atoms with Gasteiger partial charge in [0.25, 0.3) is 5.91 Å². The summed E-state index contributed by atoms with van der Waals surface area (Å²) in [5.74, 6) is -1.28. The van der Waals surface area contributed by atoms with Crippen LogP contribution in [0.25, 0.3) is 0 Å². The second-order valence-electron chi connectivity index (χ2n) is 7.88. The summed E-state index contributed by atoms with van der Waals surface area (Å²) in [5.41, 5.74) is 0.559. The van der Waals surface area contributed by atoms with Gasteiger partial charge >= 0.3 is 0 Å². The standard InChI is InChI=1S/C23H22ClFN4O2S/c1-23(2)21(31)28(17-12-9-15(13-26)19(24)20(17)25)22(32)29(23)16-10-7-14(8-11-16)5-4-6-18(30)27-3/h7-12H,4-6H2,1-3H3,(H,27,30). The van der Waals surface area contributed by atoms with Crippen LogP contribution < -0.4 is 15.1 Å². The third-order valence-corrected chi connectivity index (χ3v) is 6.17. The number of hydrogen-bond acceptors (Lipinski definition) is 4. The molecule has 0 bridgehead atoms. The quantitative estimate of drug-likeness (QED) is 0.633. The lowest BCUT2D eigenvalue weighted by Gasteiger charge is -2.29. The van der Waals surface area contributed by atoms with E-state index in [1.807, 2.05) is 30.3 Å². The molecule has 166 valence electrons. The number of amides is 2. The smallest absolute Gasteiger partial charge is 0.259 e. The summed E-state index contributed by atoms with van der Waals surface area (Å²) < 4.78 is 14.9. The molecule has 0 unspecified atom stereocenters. The second-order valence-corrected chi connectivity index (χ2v) is 8.63. The monoisotopic (exact) mass is 472 g/mol. The molecule has 0 aliphatic carbocycles. The fraction of sp³-hybridized carbons (Fsp3) is 0.304. The Morgan fingerprint density at radius 1 is 1.25 bits per heavy atom. The lowest BCUT2D eigenvalue weighted by atomic mass is 10.0. The maximum atomic E-state index is 14.9. The first-order chi connectivity index (χ1) is 15.1. The van der Waals surface area contributed by atoms with Gasteiger partial charge in [0.05, 0.1) is 16.3 Å². The molecule has 2 aromatic carbocycles. The van der Waals surface area contributed by atoms with Crippen molar-refractivity contribution in [1.82, 2.24) is 5.32 Å². The summed E-state index contributed by atoms with van der Waals surface area (Å²) in [7, 11) is 1.61. The largest absolute Gasteiger partial charge is 0.359 e. The van der Waals surface area contributed by atoms with Crippen LogP contribution in [0.3, 0.4) is 0 Å². The molecule has 0 spiro atoms. The van der Waals surface area contributed by atoms with Gasteiger partial charge in [0.2, 0.25) is 5.91 Å². The molecule has 6 nitrogen and oxygen atoms in total. The summed E-state index contributed by atoms with van der Waals surface area (Å²) in [5, 5.41) is 11.4. The second kappa shape index (κ2) is 9.23. The van der Waals surface area contributed by atoms with Crippen LogP contribution in [-0.4, -0.2) is 29.5 Å². The molecule has 3 rings (SSSR count). The van der Waals surface area contributed by atoms with Crippen molar-refractivity contribution in [3.8, 4) is 6.07 Å². The molecule has 1 N–H and O–H groups in total. The lowest BCUT2D eigenvalue weighted by Crippen LogP contribution is -2.44. The third kappa shape index (κ3) is 4.18. The average Bonchev–Trinajstić information content (AvgIpc) is 2.94. The highest BCUT2D eigenvalue weighted by Gasteiger charge is 2.51. The average molecular weight is 473 g/mol. The number of nitrogens with zero attached hydrogens (tertiary/aromatic N) is 3. The van der Waals surface area contributed by atoms with Gasteiger partial charge < -0.3 is 10.2 Å². The van der Waals surface area contributed by atoms with E-state index in [1.165, 1.54) is 12.1 Å². The fourth-order valence-corrected chi connectivity index (χ4v) is 4.35. The molecule has 1 heterocycles. The number of nitrogens with one attached hydrogen (secondary N) is 1. The first kappa shape index (κ1) is 23.6. The van der Waals surface area contributed by atoms with Crippen LogP contribution in [-0.2, 0) is 16.0 Å². The van der Waals surface area contributed by atoms with Crippen molar-refractivity contribution in [3.05, 3.63) is 58.4 Å². The van der Waals surface area contributed by atoms with Crippen LogP contribution in [0.2, 0.25) is 5.02 Å². The lowest BCUT2D eigenvalue weighted by molar-refractivity contribution is -0.121. The third-order valence-electron chi connectivity index (χ3n) is 5.43. The van der Waals surface area contributed by atoms with Crippen molar-refractivity contribution < 1.29 is 14.0 Å². The molecular formula is C23H22ClFN4O2S. The number of hydrogen-bond donors (Lipinski definition) is 1. The van der Waals surface area contributed by atoms with E-state index < -0.39 is 17.3 Å². The molecule has 32 heavy (non-hydrogen) atoms. The number of anilines is 2. The molecule has 9 heteroatoms. The zero-order valence-corrected chi connectivity index (χ0v) is 19.5. The van der Waals surface area contributed by atoms with Crippen LogP contribution in [0.1, 0.15) is 37.8 Å². The summed E-state index contributed by atoms with van der Waals surface area (Å²) in [6, 6.07) is 12.0. The summed E-state index contributed by atoms with van der Waals surface area (Å²) >= 11 is 11.5. The Kier molecular flexibility index (Phi) is 6.82. The number of rotatable bonds is 6. The first-order valence-corrected chi connectivity index (χ1v) is 10.8. The van der Waals surface area contributed by atoms with Crippen LogP contribution in [0, 0.1) is 17.1 Å². The summed E-state index contributed by atoms with van der Waals surface area (Å²) in [6.45, 7) is 3.42. The van der Waals surface area contributed by atoms with Crippen molar-refractivity contribution in [2.75, 3.05) is 16.8 Å². The van der Waals surface area contributed by atoms with E-state index in [0.717, 1.165) is 23.3 Å². The molecule has 0 saturated carbocycles. The van der Waals surface area contributed by atoms with Crippen LogP contribution in [0.4, 0.5) is 15.8 Å². The minimum Gasteiger partial charge on any atom is -0.359 e. The minimum absolute atomic E-state index is 0.000438. The molecule has 1 aliphatic heterocycles. The van der Waals surface area contributed by atoms with E-state index in [0.29, 0.717) is 12.1 Å². The Balaban J connectivity index is 1.88. The normalized spacial score (nSPS) is 15.1. The maximum absolute atomic E-state index is 14.9. The Bertz CT molecular complexity index is 1130. The highest BCUT2D eigenvalue weighted by Crippen LogP contribution is 2.39. The predicted octanol–water partition coefficient (Wildman–Crippen LogP) is 4.34. The van der Waals surface area contributed by atoms with Crippen molar-refractivity contribution in [2.45, 2.75) is 38.6 Å². The predicted molar refractivity (Wildman–Crippen MR) is 126 cm³/mol. The van der Waals surface area contributed by atoms with E-state index in [9.17, 15) is 14.0 Å². The van der Waals surface area contributed by atoms with E-state index in [2.05, 4.69) is 5.32 Å². The van der Waals surface area contributed by atoms with Gasteiger partial charge in [-0.3, -0.25) is 14.5 Å². The number of carbonyl (C=O) groups excluding carboxylic acids is 2. The van der Waals surface area contributed by atoms with E-state index in [-0.39, 0.29) is 27.3 Å². The van der Waals surface area contributed by atoms with Gasteiger partial charge in [-0.05, 0) is 68.7 Å². The summed E-state index contributed by atoms with van der Waals surface area (Å²) in [4.78, 5) is 27.4. The number of aryl methyl sites for hydroxylation is 1.